The Hall–Kier alpha value is -0.880. The van der Waals surface area contributed by atoms with Gasteiger partial charge in [0.1, 0.15) is 4.47 Å². The number of anilines is 1. The number of nitrogens with zero attached hydrogens (tertiary/aromatic N) is 2. The highest BCUT2D eigenvalue weighted by atomic mass is 79.9. The summed E-state index contributed by atoms with van der Waals surface area (Å²) in [5.41, 5.74) is 0.698. The van der Waals surface area contributed by atoms with Crippen molar-refractivity contribution in [1.82, 2.24) is 15.1 Å². The highest BCUT2D eigenvalue weighted by Gasteiger charge is 2.21. The number of piperidine rings is 1. The molecule has 1 fully saturated rings. The molecule has 2 heterocycles. The highest BCUT2D eigenvalue weighted by molar-refractivity contribution is 9.10. The maximum atomic E-state index is 12.2. The van der Waals surface area contributed by atoms with Gasteiger partial charge in [-0.3, -0.25) is 4.79 Å². The van der Waals surface area contributed by atoms with E-state index < -0.39 is 0 Å². The van der Waals surface area contributed by atoms with Gasteiger partial charge in [-0.25, -0.2) is 4.68 Å². The normalized spacial score (nSPS) is 20.9. The fraction of sp³-hybridized carbons (Fsp3) is 0.714. The van der Waals surface area contributed by atoms with Crippen LogP contribution in [0.5, 0.6) is 0 Å². The molecule has 0 aliphatic carbocycles. The first-order valence-electron chi connectivity index (χ1n) is 7.25. The van der Waals surface area contributed by atoms with Crippen molar-refractivity contribution in [2.24, 2.45) is 5.92 Å². The van der Waals surface area contributed by atoms with Crippen LogP contribution < -0.4 is 16.2 Å². The van der Waals surface area contributed by atoms with Crippen molar-refractivity contribution in [2.75, 3.05) is 18.4 Å². The Bertz CT molecular complexity index is 508. The third-order valence-electron chi connectivity index (χ3n) is 3.86. The van der Waals surface area contributed by atoms with Gasteiger partial charge >= 0.3 is 0 Å². The molecular weight excluding hydrogens is 320 g/mol. The quantitative estimate of drug-likeness (QED) is 0.881. The summed E-state index contributed by atoms with van der Waals surface area (Å²) >= 11 is 3.40. The third kappa shape index (κ3) is 3.41. The Morgan fingerprint density at radius 2 is 2.25 bits per heavy atom. The molecule has 1 aromatic rings. The van der Waals surface area contributed by atoms with Crippen LogP contribution in [0.2, 0.25) is 0 Å². The van der Waals surface area contributed by atoms with Gasteiger partial charge in [0.2, 0.25) is 0 Å². The van der Waals surface area contributed by atoms with Crippen LogP contribution >= 0.6 is 15.9 Å². The van der Waals surface area contributed by atoms with Crippen molar-refractivity contribution in [3.05, 3.63) is 21.0 Å². The van der Waals surface area contributed by atoms with Crippen LogP contribution in [0.4, 0.5) is 5.69 Å². The molecule has 2 atom stereocenters. The van der Waals surface area contributed by atoms with Crippen LogP contribution in [0.1, 0.15) is 39.7 Å². The van der Waals surface area contributed by atoms with E-state index in [1.807, 2.05) is 13.8 Å². The number of aromatic nitrogens is 2. The zero-order chi connectivity index (χ0) is 14.7. The van der Waals surface area contributed by atoms with Crippen LogP contribution in [0.3, 0.4) is 0 Å². The molecule has 0 bridgehead atoms. The Morgan fingerprint density at radius 1 is 1.50 bits per heavy atom. The van der Waals surface area contributed by atoms with Gasteiger partial charge < -0.3 is 10.6 Å². The number of nitrogens with one attached hydrogen (secondary N) is 2. The van der Waals surface area contributed by atoms with Crippen LogP contribution in [-0.2, 0) is 0 Å². The molecule has 0 spiro atoms. The van der Waals surface area contributed by atoms with Crippen LogP contribution in [0.15, 0.2) is 15.5 Å². The van der Waals surface area contributed by atoms with E-state index in [-0.39, 0.29) is 11.6 Å². The Morgan fingerprint density at radius 3 is 2.85 bits per heavy atom. The lowest BCUT2D eigenvalue weighted by Crippen LogP contribution is -2.39. The van der Waals surface area contributed by atoms with Gasteiger partial charge in [-0.15, -0.1) is 0 Å². The number of halogens is 1. The summed E-state index contributed by atoms with van der Waals surface area (Å²) in [5, 5.41) is 11.1. The molecule has 1 aliphatic rings. The van der Waals surface area contributed by atoms with Gasteiger partial charge in [0.25, 0.3) is 5.56 Å². The first-order valence-corrected chi connectivity index (χ1v) is 8.04. The standard InChI is InChI=1S/C14H23BrN4O/c1-9(2)19-14(20)13(15)12(8-17-19)18-10(3)11-5-4-6-16-7-11/h8-11,16,18H,4-7H2,1-3H3. The fourth-order valence-electron chi connectivity index (χ4n) is 2.58. The lowest BCUT2D eigenvalue weighted by atomic mass is 9.93. The van der Waals surface area contributed by atoms with Crippen molar-refractivity contribution in [3.8, 4) is 0 Å². The second kappa shape index (κ2) is 6.72. The summed E-state index contributed by atoms with van der Waals surface area (Å²) in [7, 11) is 0. The van der Waals surface area contributed by atoms with Crippen molar-refractivity contribution in [2.45, 2.75) is 45.7 Å². The molecule has 1 aromatic heterocycles. The van der Waals surface area contributed by atoms with Gasteiger partial charge in [-0.2, -0.15) is 5.10 Å². The van der Waals surface area contributed by atoms with Crippen molar-refractivity contribution in [1.29, 1.82) is 0 Å². The highest BCUT2D eigenvalue weighted by Crippen LogP contribution is 2.22. The van der Waals surface area contributed by atoms with E-state index in [0.29, 0.717) is 16.4 Å². The molecule has 0 aromatic carbocycles. The van der Waals surface area contributed by atoms with E-state index >= 15 is 0 Å². The van der Waals surface area contributed by atoms with Crippen molar-refractivity contribution in [3.63, 3.8) is 0 Å². The lowest BCUT2D eigenvalue weighted by Gasteiger charge is -2.29. The lowest BCUT2D eigenvalue weighted by molar-refractivity contribution is 0.347. The van der Waals surface area contributed by atoms with Gasteiger partial charge in [-0.05, 0) is 68.6 Å². The van der Waals surface area contributed by atoms with Gasteiger partial charge in [0.15, 0.2) is 0 Å². The molecule has 0 amide bonds. The zero-order valence-electron chi connectivity index (χ0n) is 12.3. The molecule has 2 rings (SSSR count). The molecule has 2 N–H and O–H groups in total. The van der Waals surface area contributed by atoms with Crippen molar-refractivity contribution < 1.29 is 0 Å². The topological polar surface area (TPSA) is 59.0 Å². The van der Waals surface area contributed by atoms with Crippen LogP contribution in [-0.4, -0.2) is 28.9 Å². The third-order valence-corrected chi connectivity index (χ3v) is 4.62. The predicted molar refractivity (Wildman–Crippen MR) is 85.3 cm³/mol. The minimum atomic E-state index is -0.0843. The molecule has 1 saturated heterocycles. The summed E-state index contributed by atoms with van der Waals surface area (Å²) in [6.45, 7) is 8.20. The summed E-state index contributed by atoms with van der Waals surface area (Å²) in [4.78, 5) is 12.2. The molecule has 5 nitrogen and oxygen atoms in total. The number of hydrogen-bond acceptors (Lipinski definition) is 4. The maximum Gasteiger partial charge on any atom is 0.283 e. The smallest absolute Gasteiger partial charge is 0.283 e. The summed E-state index contributed by atoms with van der Waals surface area (Å²) in [6.07, 6.45) is 4.17. The largest absolute Gasteiger partial charge is 0.380 e. The van der Waals surface area contributed by atoms with E-state index in [9.17, 15) is 4.79 Å². The molecule has 20 heavy (non-hydrogen) atoms. The van der Waals surface area contributed by atoms with E-state index in [0.717, 1.165) is 18.8 Å². The summed E-state index contributed by atoms with van der Waals surface area (Å²) in [6, 6.07) is 0.378. The molecule has 6 heteroatoms. The minimum absolute atomic E-state index is 0.0628. The van der Waals surface area contributed by atoms with Crippen LogP contribution in [0, 0.1) is 5.92 Å². The van der Waals surface area contributed by atoms with Gasteiger partial charge in [0.05, 0.1) is 17.9 Å². The van der Waals surface area contributed by atoms with E-state index in [1.54, 1.807) is 6.20 Å². The predicted octanol–water partition coefficient (Wildman–Crippen LogP) is 2.39. The minimum Gasteiger partial charge on any atom is -0.380 e. The Kier molecular flexibility index (Phi) is 5.21. The first-order chi connectivity index (χ1) is 9.50. The molecule has 1 aliphatic heterocycles. The van der Waals surface area contributed by atoms with Crippen LogP contribution in [0.25, 0.3) is 0 Å². The first kappa shape index (κ1) is 15.5. The summed E-state index contributed by atoms with van der Waals surface area (Å²) in [5.74, 6) is 0.586. The average molecular weight is 343 g/mol. The van der Waals surface area contributed by atoms with E-state index in [2.05, 4.69) is 38.6 Å². The van der Waals surface area contributed by atoms with Gasteiger partial charge in [0, 0.05) is 6.04 Å². The zero-order valence-corrected chi connectivity index (χ0v) is 13.9. The Balaban J connectivity index is 2.13. The molecular formula is C14H23BrN4O. The molecule has 0 saturated carbocycles. The number of hydrogen-bond donors (Lipinski definition) is 2. The molecule has 0 radical (unpaired) electrons. The van der Waals surface area contributed by atoms with Crippen molar-refractivity contribution >= 4 is 21.6 Å². The SMILES string of the molecule is CC(Nc1cnn(C(C)C)c(=O)c1Br)C1CCCNC1. The Labute approximate surface area is 128 Å². The molecule has 112 valence electrons. The molecule has 2 unspecified atom stereocenters. The monoisotopic (exact) mass is 342 g/mol. The second-order valence-corrected chi connectivity index (χ2v) is 6.55. The second-order valence-electron chi connectivity index (χ2n) is 5.76. The fourth-order valence-corrected chi connectivity index (χ4v) is 2.98. The van der Waals surface area contributed by atoms with E-state index in [4.69, 9.17) is 0 Å². The number of rotatable bonds is 4. The van der Waals surface area contributed by atoms with Gasteiger partial charge in [-0.1, -0.05) is 0 Å². The maximum absolute atomic E-state index is 12.2. The van der Waals surface area contributed by atoms with E-state index in [1.165, 1.54) is 17.5 Å². The average Bonchev–Trinajstić information content (AvgIpc) is 2.44. The summed E-state index contributed by atoms with van der Waals surface area (Å²) < 4.78 is 2.05.